The number of rotatable bonds is 5. The summed E-state index contributed by atoms with van der Waals surface area (Å²) in [5, 5.41) is 12.2. The molecule has 0 aliphatic rings. The van der Waals surface area contributed by atoms with Gasteiger partial charge in [-0.25, -0.2) is 9.97 Å². The lowest BCUT2D eigenvalue weighted by molar-refractivity contribution is 0.477. The maximum Gasteiger partial charge on any atom is 0.165 e. The highest BCUT2D eigenvalue weighted by atomic mass is 28.3. The second-order valence-corrected chi connectivity index (χ2v) is 18.0. The van der Waals surface area contributed by atoms with Crippen LogP contribution in [0, 0.1) is 0 Å². The largest absolute Gasteiger partial charge is 0.507 e. The summed E-state index contributed by atoms with van der Waals surface area (Å²) < 4.78 is 2.03. The Bertz CT molecular complexity index is 1900. The van der Waals surface area contributed by atoms with E-state index in [0.717, 1.165) is 39.2 Å². The number of phenols is 1. The zero-order valence-corrected chi connectivity index (χ0v) is 26.1. The molecule has 0 fully saturated rings. The minimum absolute atomic E-state index is 0.0699. The van der Waals surface area contributed by atoms with Crippen LogP contribution >= 0.6 is 0 Å². The Labute approximate surface area is 248 Å². The van der Waals surface area contributed by atoms with E-state index in [1.165, 1.54) is 10.8 Å². The number of hydrogen-bond donors (Lipinski definition) is 1. The van der Waals surface area contributed by atoms with Crippen LogP contribution in [0.25, 0.3) is 50.6 Å². The van der Waals surface area contributed by atoms with Gasteiger partial charge in [0, 0.05) is 29.2 Å². The number of aromatic hydroxyl groups is 1. The summed E-state index contributed by atoms with van der Waals surface area (Å²) in [5.41, 5.74) is 8.32. The summed E-state index contributed by atoms with van der Waals surface area (Å²) >= 11 is 0. The number of benzene rings is 3. The van der Waals surface area contributed by atoms with Crippen molar-refractivity contribution in [3.05, 3.63) is 109 Å². The Kier molecular flexibility index (Phi) is 6.82. The lowest BCUT2D eigenvalue weighted by Crippen LogP contribution is -2.37. The van der Waals surface area contributed by atoms with E-state index in [0.29, 0.717) is 11.4 Å². The van der Waals surface area contributed by atoms with Gasteiger partial charge in [-0.2, -0.15) is 0 Å². The first-order chi connectivity index (χ1) is 20.0. The molecule has 0 atom stereocenters. The molecule has 3 aromatic heterocycles. The van der Waals surface area contributed by atoms with Gasteiger partial charge in [0.2, 0.25) is 0 Å². The van der Waals surface area contributed by atoms with Crippen LogP contribution in [-0.2, 0) is 5.41 Å². The molecule has 1 N–H and O–H groups in total. The fraction of sp³-hybridized carbons (Fsp3) is 0.194. The van der Waals surface area contributed by atoms with E-state index in [1.807, 2.05) is 65.4 Å². The Morgan fingerprint density at radius 2 is 1.45 bits per heavy atom. The van der Waals surface area contributed by atoms with Gasteiger partial charge < -0.3 is 5.11 Å². The number of pyridine rings is 2. The lowest BCUT2D eigenvalue weighted by atomic mass is 9.83. The molecule has 0 radical (unpaired) electrons. The fourth-order valence-electron chi connectivity index (χ4n) is 5.24. The molecular weight excluding hydrogens is 533 g/mol. The first-order valence-electron chi connectivity index (χ1n) is 14.3. The van der Waals surface area contributed by atoms with Crippen LogP contribution in [-0.4, -0.2) is 32.7 Å². The van der Waals surface area contributed by atoms with Crippen molar-refractivity contribution in [2.24, 2.45) is 0 Å². The molecule has 0 aliphatic heterocycles. The maximum absolute atomic E-state index is 10.8. The topological polar surface area (TPSA) is 63.8 Å². The monoisotopic (exact) mass is 568 g/mol. The Balaban J connectivity index is 1.60. The van der Waals surface area contributed by atoms with Crippen LogP contribution in [0.4, 0.5) is 0 Å². The molecule has 0 aliphatic carbocycles. The van der Waals surface area contributed by atoms with Gasteiger partial charge in [-0.15, -0.1) is 0 Å². The van der Waals surface area contributed by atoms with Crippen LogP contribution in [0.5, 0.6) is 5.75 Å². The molecule has 5 nitrogen and oxygen atoms in total. The second kappa shape index (κ2) is 10.4. The number of para-hydroxylation sites is 2. The third kappa shape index (κ3) is 5.14. The van der Waals surface area contributed by atoms with Gasteiger partial charge in [0.1, 0.15) is 11.3 Å². The van der Waals surface area contributed by atoms with E-state index in [2.05, 4.69) is 76.9 Å². The molecule has 3 heterocycles. The van der Waals surface area contributed by atoms with E-state index in [4.69, 9.17) is 15.0 Å². The average molecular weight is 569 g/mol. The van der Waals surface area contributed by atoms with Crippen molar-refractivity contribution in [1.29, 1.82) is 0 Å². The van der Waals surface area contributed by atoms with Gasteiger partial charge in [-0.05, 0) is 70.3 Å². The molecule has 3 aromatic carbocycles. The highest BCUT2D eigenvalue weighted by Gasteiger charge is 2.23. The van der Waals surface area contributed by atoms with Crippen molar-refractivity contribution in [3.63, 3.8) is 0 Å². The van der Waals surface area contributed by atoms with Gasteiger partial charge in [-0.3, -0.25) is 9.55 Å². The molecule has 6 aromatic rings. The van der Waals surface area contributed by atoms with Crippen molar-refractivity contribution in [2.75, 3.05) is 0 Å². The Hall–Kier alpha value is -4.55. The molecule has 0 saturated heterocycles. The zero-order chi connectivity index (χ0) is 29.6. The minimum Gasteiger partial charge on any atom is -0.507 e. The first kappa shape index (κ1) is 27.6. The number of imidazole rings is 1. The van der Waals surface area contributed by atoms with Crippen molar-refractivity contribution in [3.8, 4) is 45.2 Å². The van der Waals surface area contributed by atoms with Gasteiger partial charge in [0.25, 0.3) is 0 Å². The van der Waals surface area contributed by atoms with E-state index >= 15 is 0 Å². The Morgan fingerprint density at radius 1 is 0.738 bits per heavy atom. The lowest BCUT2D eigenvalue weighted by Gasteiger charge is -2.22. The van der Waals surface area contributed by atoms with Crippen molar-refractivity contribution >= 4 is 24.4 Å². The summed E-state index contributed by atoms with van der Waals surface area (Å²) in [6.07, 6.45) is 3.90. The predicted molar refractivity (Wildman–Crippen MR) is 176 cm³/mol. The van der Waals surface area contributed by atoms with E-state index in [9.17, 15) is 5.11 Å². The average Bonchev–Trinajstić information content (AvgIpc) is 3.36. The molecule has 6 rings (SSSR count). The molecule has 0 unspecified atom stereocenters. The quantitative estimate of drug-likeness (QED) is 0.212. The number of fused-ring (bicyclic) bond motifs is 1. The highest BCUT2D eigenvalue weighted by molar-refractivity contribution is 6.88. The molecule has 0 bridgehead atoms. The van der Waals surface area contributed by atoms with E-state index in [-0.39, 0.29) is 11.2 Å². The van der Waals surface area contributed by atoms with Gasteiger partial charge in [0.05, 0.1) is 19.3 Å². The molecule has 6 heteroatoms. The second-order valence-electron chi connectivity index (χ2n) is 12.9. The summed E-state index contributed by atoms with van der Waals surface area (Å²) in [6, 6.07) is 30.5. The van der Waals surface area contributed by atoms with Crippen LogP contribution in [0.3, 0.4) is 0 Å². The number of phenolic OH excluding ortho intramolecular Hbond substituents is 1. The zero-order valence-electron chi connectivity index (χ0n) is 25.1. The normalized spacial score (nSPS) is 12.1. The van der Waals surface area contributed by atoms with Crippen LogP contribution in [0.1, 0.15) is 26.3 Å². The number of nitrogens with zero attached hydrogens (tertiary/aromatic N) is 4. The molecular formula is C36H36N4OSi. The van der Waals surface area contributed by atoms with Gasteiger partial charge in [-0.1, -0.05) is 82.9 Å². The molecule has 42 heavy (non-hydrogen) atoms. The SMILES string of the molecule is CC(C)(C)c1cc(-c2ccc([Si](C)(C)C)cn2)cc(-c2ccnc3c2nc(-c2ccccc2O)n3-c2ccccc2)c1. The number of hydrogen-bond acceptors (Lipinski definition) is 4. The van der Waals surface area contributed by atoms with Crippen LogP contribution in [0.2, 0.25) is 19.6 Å². The summed E-state index contributed by atoms with van der Waals surface area (Å²) in [7, 11) is -1.45. The summed E-state index contributed by atoms with van der Waals surface area (Å²) in [5.74, 6) is 0.821. The third-order valence-electron chi connectivity index (χ3n) is 7.74. The molecule has 210 valence electrons. The van der Waals surface area contributed by atoms with Gasteiger partial charge >= 0.3 is 0 Å². The fourth-order valence-corrected chi connectivity index (χ4v) is 6.28. The van der Waals surface area contributed by atoms with E-state index < -0.39 is 8.07 Å². The Morgan fingerprint density at radius 3 is 2.12 bits per heavy atom. The number of aromatic nitrogens is 4. The van der Waals surface area contributed by atoms with Crippen LogP contribution < -0.4 is 5.19 Å². The van der Waals surface area contributed by atoms with Crippen LogP contribution in [0.15, 0.2) is 103 Å². The van der Waals surface area contributed by atoms with Gasteiger partial charge in [0.15, 0.2) is 11.5 Å². The third-order valence-corrected chi connectivity index (χ3v) is 9.77. The van der Waals surface area contributed by atoms with Crippen molar-refractivity contribution in [2.45, 2.75) is 45.8 Å². The van der Waals surface area contributed by atoms with Crippen molar-refractivity contribution < 1.29 is 5.11 Å². The predicted octanol–water partition coefficient (Wildman–Crippen LogP) is 8.36. The molecule has 0 saturated carbocycles. The maximum atomic E-state index is 10.8. The van der Waals surface area contributed by atoms with Crippen molar-refractivity contribution in [1.82, 2.24) is 19.5 Å². The standard InChI is InChI=1S/C36H36N4OSi/c1-36(2,3)26-21-24(20-25(22-26)31-17-16-28(23-38-31)42(4,5)6)29-18-19-37-35-33(29)39-34(30-14-10-11-15-32(30)41)40(35)27-12-8-7-9-13-27/h7-23,41H,1-6H3. The highest BCUT2D eigenvalue weighted by Crippen LogP contribution is 2.38. The smallest absolute Gasteiger partial charge is 0.165 e. The van der Waals surface area contributed by atoms with E-state index in [1.54, 1.807) is 6.07 Å². The summed E-state index contributed by atoms with van der Waals surface area (Å²) in [6.45, 7) is 13.7. The molecule has 0 spiro atoms. The summed E-state index contributed by atoms with van der Waals surface area (Å²) in [4.78, 5) is 14.9. The minimum atomic E-state index is -1.45. The molecule has 0 amide bonds. The first-order valence-corrected chi connectivity index (χ1v) is 17.8.